The summed E-state index contributed by atoms with van der Waals surface area (Å²) < 4.78 is 7.04. The molecule has 0 radical (unpaired) electrons. The molecule has 128 valence electrons. The zero-order valence-electron chi connectivity index (χ0n) is 13.8. The SMILES string of the molecule is Cc1cc(Cn2nnc3c(-c4cc(C#N)co4)nc(N)nc32)ccc1N. The third-order valence-electron chi connectivity index (χ3n) is 4.01. The van der Waals surface area contributed by atoms with Gasteiger partial charge in [-0.05, 0) is 24.1 Å². The van der Waals surface area contributed by atoms with Gasteiger partial charge < -0.3 is 15.9 Å². The van der Waals surface area contributed by atoms with Gasteiger partial charge in [0, 0.05) is 11.8 Å². The minimum atomic E-state index is 0.0689. The highest BCUT2D eigenvalue weighted by atomic mass is 16.3. The average molecular weight is 346 g/mol. The Morgan fingerprint density at radius 3 is 2.81 bits per heavy atom. The fraction of sp³-hybridized carbons (Fsp3) is 0.118. The highest BCUT2D eigenvalue weighted by Gasteiger charge is 2.18. The quantitative estimate of drug-likeness (QED) is 0.535. The standard InChI is InChI=1S/C17H14N8O/c1-9-4-10(2-3-12(9)19)7-25-16-15(23-24-25)14(21-17(20)22-16)13-5-11(6-18)8-26-13/h2-5,8H,7,19H2,1H3,(H2,20,21,22). The minimum absolute atomic E-state index is 0.0689. The molecule has 0 amide bonds. The van der Waals surface area contributed by atoms with Crippen molar-refractivity contribution in [3.05, 3.63) is 47.2 Å². The third-order valence-corrected chi connectivity index (χ3v) is 4.01. The van der Waals surface area contributed by atoms with Crippen molar-refractivity contribution in [3.8, 4) is 17.5 Å². The highest BCUT2D eigenvalue weighted by Crippen LogP contribution is 2.27. The number of nitrogens with zero attached hydrogens (tertiary/aromatic N) is 6. The van der Waals surface area contributed by atoms with Crippen molar-refractivity contribution in [1.82, 2.24) is 25.0 Å². The van der Waals surface area contributed by atoms with Crippen LogP contribution in [0, 0.1) is 18.3 Å². The summed E-state index contributed by atoms with van der Waals surface area (Å²) in [4.78, 5) is 8.45. The summed E-state index contributed by atoms with van der Waals surface area (Å²) in [5.74, 6) is 0.454. The lowest BCUT2D eigenvalue weighted by Crippen LogP contribution is -2.05. The number of rotatable bonds is 3. The number of fused-ring (bicyclic) bond motifs is 1. The molecule has 0 aliphatic rings. The molecule has 0 bridgehead atoms. The molecular formula is C17H14N8O. The first-order valence-corrected chi connectivity index (χ1v) is 7.76. The van der Waals surface area contributed by atoms with E-state index in [1.807, 2.05) is 31.2 Å². The Morgan fingerprint density at radius 1 is 1.23 bits per heavy atom. The summed E-state index contributed by atoms with van der Waals surface area (Å²) in [6, 6.07) is 9.34. The Morgan fingerprint density at radius 2 is 2.08 bits per heavy atom. The first-order chi connectivity index (χ1) is 12.5. The van der Waals surface area contributed by atoms with Gasteiger partial charge in [0.25, 0.3) is 0 Å². The maximum Gasteiger partial charge on any atom is 0.222 e. The van der Waals surface area contributed by atoms with Gasteiger partial charge in [-0.3, -0.25) is 0 Å². The van der Waals surface area contributed by atoms with E-state index in [2.05, 4.69) is 20.3 Å². The molecular weight excluding hydrogens is 332 g/mol. The molecule has 0 aliphatic carbocycles. The molecule has 3 aromatic heterocycles. The molecule has 0 atom stereocenters. The molecule has 9 nitrogen and oxygen atoms in total. The molecule has 26 heavy (non-hydrogen) atoms. The molecule has 9 heteroatoms. The van der Waals surface area contributed by atoms with Crippen molar-refractivity contribution in [3.63, 3.8) is 0 Å². The molecule has 0 saturated heterocycles. The van der Waals surface area contributed by atoms with Gasteiger partial charge in [-0.25, -0.2) is 9.67 Å². The maximum atomic E-state index is 8.97. The Kier molecular flexibility index (Phi) is 3.51. The topological polar surface area (TPSA) is 145 Å². The van der Waals surface area contributed by atoms with Crippen LogP contribution in [0.15, 0.2) is 34.9 Å². The normalized spacial score (nSPS) is 10.9. The van der Waals surface area contributed by atoms with Crippen molar-refractivity contribution in [2.24, 2.45) is 0 Å². The lowest BCUT2D eigenvalue weighted by atomic mass is 10.1. The summed E-state index contributed by atoms with van der Waals surface area (Å²) in [6.07, 6.45) is 1.35. The van der Waals surface area contributed by atoms with E-state index in [1.54, 1.807) is 10.7 Å². The molecule has 4 N–H and O–H groups in total. The molecule has 0 fully saturated rings. The van der Waals surface area contributed by atoms with E-state index in [0.717, 1.165) is 16.8 Å². The first kappa shape index (κ1) is 15.6. The molecule has 4 rings (SSSR count). The van der Waals surface area contributed by atoms with Gasteiger partial charge in [0.2, 0.25) is 5.95 Å². The summed E-state index contributed by atoms with van der Waals surface area (Å²) in [5.41, 5.74) is 16.2. The number of hydrogen-bond acceptors (Lipinski definition) is 8. The Balaban J connectivity index is 1.80. The van der Waals surface area contributed by atoms with Gasteiger partial charge in [-0.2, -0.15) is 10.2 Å². The van der Waals surface area contributed by atoms with Crippen LogP contribution < -0.4 is 11.5 Å². The molecule has 0 unspecified atom stereocenters. The van der Waals surface area contributed by atoms with Crippen LogP contribution in [0.5, 0.6) is 0 Å². The van der Waals surface area contributed by atoms with E-state index < -0.39 is 0 Å². The Hall–Kier alpha value is -3.93. The van der Waals surface area contributed by atoms with E-state index >= 15 is 0 Å². The van der Waals surface area contributed by atoms with E-state index in [1.165, 1.54) is 6.26 Å². The number of furan rings is 1. The predicted octanol–water partition coefficient (Wildman–Crippen LogP) is 1.87. The van der Waals surface area contributed by atoms with Crippen molar-refractivity contribution >= 4 is 22.8 Å². The number of nitrogens with two attached hydrogens (primary N) is 2. The zero-order chi connectivity index (χ0) is 18.3. The van der Waals surface area contributed by atoms with Gasteiger partial charge in [0.05, 0.1) is 12.1 Å². The molecule has 3 heterocycles. The van der Waals surface area contributed by atoms with Gasteiger partial charge >= 0.3 is 0 Å². The number of hydrogen-bond donors (Lipinski definition) is 2. The first-order valence-electron chi connectivity index (χ1n) is 7.76. The largest absolute Gasteiger partial charge is 0.461 e. The van der Waals surface area contributed by atoms with Crippen LogP contribution in [-0.2, 0) is 6.54 Å². The second kappa shape index (κ2) is 5.86. The van der Waals surface area contributed by atoms with E-state index in [4.69, 9.17) is 21.1 Å². The number of aromatic nitrogens is 5. The smallest absolute Gasteiger partial charge is 0.222 e. The number of nitrogen functional groups attached to an aromatic ring is 2. The third kappa shape index (κ3) is 2.59. The lowest BCUT2D eigenvalue weighted by molar-refractivity contribution is 0.579. The summed E-state index contributed by atoms with van der Waals surface area (Å²) in [7, 11) is 0. The molecule has 1 aromatic carbocycles. The molecule has 0 spiro atoms. The fourth-order valence-corrected chi connectivity index (χ4v) is 2.68. The van der Waals surface area contributed by atoms with Crippen molar-refractivity contribution in [1.29, 1.82) is 5.26 Å². The second-order valence-corrected chi connectivity index (χ2v) is 5.85. The van der Waals surface area contributed by atoms with Gasteiger partial charge in [0.1, 0.15) is 18.0 Å². The van der Waals surface area contributed by atoms with Crippen molar-refractivity contribution in [2.75, 3.05) is 11.5 Å². The van der Waals surface area contributed by atoms with Crippen LogP contribution in [0.3, 0.4) is 0 Å². The number of benzene rings is 1. The van der Waals surface area contributed by atoms with Crippen LogP contribution in [-0.4, -0.2) is 25.0 Å². The minimum Gasteiger partial charge on any atom is -0.461 e. The number of nitriles is 1. The fourth-order valence-electron chi connectivity index (χ4n) is 2.68. The van der Waals surface area contributed by atoms with Crippen LogP contribution >= 0.6 is 0 Å². The lowest BCUT2D eigenvalue weighted by Gasteiger charge is -2.06. The van der Waals surface area contributed by atoms with Gasteiger partial charge in [-0.1, -0.05) is 17.3 Å². The van der Waals surface area contributed by atoms with Crippen LogP contribution in [0.4, 0.5) is 11.6 Å². The number of aryl methyl sites for hydroxylation is 1. The van der Waals surface area contributed by atoms with Crippen molar-refractivity contribution < 1.29 is 4.42 Å². The second-order valence-electron chi connectivity index (χ2n) is 5.85. The Bertz CT molecular complexity index is 1170. The van der Waals surface area contributed by atoms with E-state index in [-0.39, 0.29) is 5.95 Å². The van der Waals surface area contributed by atoms with E-state index in [9.17, 15) is 0 Å². The van der Waals surface area contributed by atoms with Gasteiger partial charge in [-0.15, -0.1) is 5.10 Å². The predicted molar refractivity (Wildman–Crippen MR) is 94.6 cm³/mol. The van der Waals surface area contributed by atoms with Crippen LogP contribution in [0.25, 0.3) is 22.6 Å². The van der Waals surface area contributed by atoms with Crippen molar-refractivity contribution in [2.45, 2.75) is 13.5 Å². The maximum absolute atomic E-state index is 8.97. The number of anilines is 2. The van der Waals surface area contributed by atoms with Crippen LogP contribution in [0.1, 0.15) is 16.7 Å². The monoisotopic (exact) mass is 346 g/mol. The average Bonchev–Trinajstić information content (AvgIpc) is 3.25. The van der Waals surface area contributed by atoms with Gasteiger partial charge in [0.15, 0.2) is 16.9 Å². The summed E-state index contributed by atoms with van der Waals surface area (Å²) in [5, 5.41) is 17.3. The van der Waals surface area contributed by atoms with E-state index in [0.29, 0.717) is 34.7 Å². The molecule has 4 aromatic rings. The Labute approximate surface area is 147 Å². The molecule has 0 saturated carbocycles. The zero-order valence-corrected chi connectivity index (χ0v) is 13.8. The molecule has 0 aliphatic heterocycles. The highest BCUT2D eigenvalue weighted by molar-refractivity contribution is 5.86. The summed E-state index contributed by atoms with van der Waals surface area (Å²) in [6.45, 7) is 2.40. The summed E-state index contributed by atoms with van der Waals surface area (Å²) >= 11 is 0. The van der Waals surface area contributed by atoms with Crippen LogP contribution in [0.2, 0.25) is 0 Å².